The van der Waals surface area contributed by atoms with Crippen molar-refractivity contribution in [2.45, 2.75) is 90.1 Å². The van der Waals surface area contributed by atoms with Gasteiger partial charge in [0.1, 0.15) is 0 Å². The maximum absolute atomic E-state index is 5.77. The molecule has 4 nitrogen and oxygen atoms in total. The minimum absolute atomic E-state index is 0.691. The summed E-state index contributed by atoms with van der Waals surface area (Å²) in [6.07, 6.45) is 16.8. The molecule has 0 aromatic rings. The van der Waals surface area contributed by atoms with Gasteiger partial charge in [-0.2, -0.15) is 0 Å². The van der Waals surface area contributed by atoms with Gasteiger partial charge in [0.05, 0.1) is 6.17 Å². The fraction of sp³-hybridized carbons (Fsp3) is 1.00. The minimum atomic E-state index is 0.691. The molecule has 2 heterocycles. The third-order valence-electron chi connectivity index (χ3n) is 5.99. The Hall–Kier alpha value is -0.160. The number of nitrogens with zero attached hydrogens (tertiary/aromatic N) is 2. The van der Waals surface area contributed by atoms with E-state index in [4.69, 9.17) is 4.74 Å². The second-order valence-corrected chi connectivity index (χ2v) is 8.24. The Balaban J connectivity index is 1.41. The molecule has 0 spiro atoms. The van der Waals surface area contributed by atoms with Crippen molar-refractivity contribution < 1.29 is 4.74 Å². The maximum atomic E-state index is 5.77. The van der Waals surface area contributed by atoms with Gasteiger partial charge in [-0.25, -0.2) is 0 Å². The molecule has 0 atom stereocenters. The van der Waals surface area contributed by atoms with Gasteiger partial charge in [-0.1, -0.05) is 39.0 Å². The number of likely N-dealkylation sites (tertiary alicyclic amines) is 2. The summed E-state index contributed by atoms with van der Waals surface area (Å²) in [5.74, 6) is 0. The van der Waals surface area contributed by atoms with Crippen LogP contribution in [0, 0.1) is 0 Å². The lowest BCUT2D eigenvalue weighted by Gasteiger charge is -2.35. The predicted molar refractivity (Wildman–Crippen MR) is 112 cm³/mol. The third-order valence-corrected chi connectivity index (χ3v) is 5.99. The third kappa shape index (κ3) is 9.16. The lowest BCUT2D eigenvalue weighted by atomic mass is 10.1. The fourth-order valence-electron chi connectivity index (χ4n) is 4.42. The van der Waals surface area contributed by atoms with E-state index in [1.54, 1.807) is 0 Å². The first-order valence-electron chi connectivity index (χ1n) is 11.7. The van der Waals surface area contributed by atoms with Crippen LogP contribution in [0.1, 0.15) is 84.0 Å². The van der Waals surface area contributed by atoms with E-state index in [0.717, 1.165) is 32.7 Å². The SMILES string of the molecule is CCCCCCCCOCCCNCCC(N1CCCC1)N1CCCC1. The molecule has 0 radical (unpaired) electrons. The summed E-state index contributed by atoms with van der Waals surface area (Å²) in [4.78, 5) is 5.47. The van der Waals surface area contributed by atoms with E-state index >= 15 is 0 Å². The average molecular weight is 368 g/mol. The molecule has 0 unspecified atom stereocenters. The van der Waals surface area contributed by atoms with Crippen LogP contribution in [0.15, 0.2) is 0 Å². The van der Waals surface area contributed by atoms with E-state index in [-0.39, 0.29) is 0 Å². The van der Waals surface area contributed by atoms with Crippen molar-refractivity contribution in [2.75, 3.05) is 52.5 Å². The van der Waals surface area contributed by atoms with Crippen LogP contribution in [0.2, 0.25) is 0 Å². The molecule has 2 aliphatic rings. The van der Waals surface area contributed by atoms with Gasteiger partial charge in [0, 0.05) is 13.2 Å². The molecule has 2 rings (SSSR count). The lowest BCUT2D eigenvalue weighted by Crippen LogP contribution is -2.47. The molecular formula is C22H45N3O. The average Bonchev–Trinajstić information content (AvgIpc) is 3.36. The summed E-state index contributed by atoms with van der Waals surface area (Å²) >= 11 is 0. The number of nitrogens with one attached hydrogen (secondary N) is 1. The maximum Gasteiger partial charge on any atom is 0.0634 e. The molecule has 0 aliphatic carbocycles. The number of hydrogen-bond donors (Lipinski definition) is 1. The van der Waals surface area contributed by atoms with Crippen LogP contribution in [-0.4, -0.2) is 68.4 Å². The van der Waals surface area contributed by atoms with Gasteiger partial charge in [-0.15, -0.1) is 0 Å². The van der Waals surface area contributed by atoms with Crippen molar-refractivity contribution in [3.8, 4) is 0 Å². The first-order valence-corrected chi connectivity index (χ1v) is 11.7. The van der Waals surface area contributed by atoms with Gasteiger partial charge in [0.15, 0.2) is 0 Å². The normalized spacial score (nSPS) is 19.2. The largest absolute Gasteiger partial charge is 0.381 e. The number of rotatable bonds is 16. The molecule has 0 saturated carbocycles. The molecule has 0 amide bonds. The van der Waals surface area contributed by atoms with Crippen LogP contribution in [0.3, 0.4) is 0 Å². The monoisotopic (exact) mass is 367 g/mol. The summed E-state index contributed by atoms with van der Waals surface area (Å²) in [6, 6.07) is 0. The first kappa shape index (κ1) is 22.1. The van der Waals surface area contributed by atoms with Crippen LogP contribution >= 0.6 is 0 Å². The highest BCUT2D eigenvalue weighted by atomic mass is 16.5. The molecule has 2 saturated heterocycles. The Kier molecular flexibility index (Phi) is 12.6. The Morgan fingerprint density at radius 3 is 1.96 bits per heavy atom. The molecule has 2 fully saturated rings. The topological polar surface area (TPSA) is 27.7 Å². The lowest BCUT2D eigenvalue weighted by molar-refractivity contribution is 0.0718. The van der Waals surface area contributed by atoms with Crippen molar-refractivity contribution in [2.24, 2.45) is 0 Å². The van der Waals surface area contributed by atoms with Gasteiger partial charge in [-0.05, 0) is 84.2 Å². The fourth-order valence-corrected chi connectivity index (χ4v) is 4.42. The molecular weight excluding hydrogens is 322 g/mol. The van der Waals surface area contributed by atoms with Crippen molar-refractivity contribution in [1.82, 2.24) is 15.1 Å². The highest BCUT2D eigenvalue weighted by Gasteiger charge is 2.28. The molecule has 2 aliphatic heterocycles. The predicted octanol–water partition coefficient (Wildman–Crippen LogP) is 4.25. The van der Waals surface area contributed by atoms with Crippen molar-refractivity contribution in [3.63, 3.8) is 0 Å². The Bertz CT molecular complexity index is 299. The van der Waals surface area contributed by atoms with Gasteiger partial charge in [0.2, 0.25) is 0 Å². The Morgan fingerprint density at radius 1 is 0.731 bits per heavy atom. The molecule has 1 N–H and O–H groups in total. The zero-order valence-electron chi connectivity index (χ0n) is 17.5. The van der Waals surface area contributed by atoms with Crippen molar-refractivity contribution in [1.29, 1.82) is 0 Å². The summed E-state index contributed by atoms with van der Waals surface area (Å²) < 4.78 is 5.77. The molecule has 4 heteroatoms. The first-order chi connectivity index (χ1) is 12.9. The highest BCUT2D eigenvalue weighted by Crippen LogP contribution is 2.21. The zero-order valence-corrected chi connectivity index (χ0v) is 17.5. The van der Waals surface area contributed by atoms with E-state index in [0.29, 0.717) is 6.17 Å². The standard InChI is InChI=1S/C22H45N3O/c1-2-3-4-5-6-11-20-26-21-12-14-23-15-13-22(24-16-7-8-17-24)25-18-9-10-19-25/h22-23H,2-21H2,1H3. The van der Waals surface area contributed by atoms with Crippen LogP contribution < -0.4 is 5.32 Å². The van der Waals surface area contributed by atoms with E-state index in [1.807, 2.05) is 0 Å². The molecule has 0 aromatic carbocycles. The number of hydrogen-bond acceptors (Lipinski definition) is 4. The van der Waals surface area contributed by atoms with E-state index in [9.17, 15) is 0 Å². The van der Waals surface area contributed by atoms with Gasteiger partial charge in [0.25, 0.3) is 0 Å². The second kappa shape index (κ2) is 14.8. The van der Waals surface area contributed by atoms with Crippen molar-refractivity contribution >= 4 is 0 Å². The van der Waals surface area contributed by atoms with Crippen LogP contribution in [0.25, 0.3) is 0 Å². The van der Waals surface area contributed by atoms with E-state index < -0.39 is 0 Å². The quantitative estimate of drug-likeness (QED) is 0.413. The summed E-state index contributed by atoms with van der Waals surface area (Å²) in [5.41, 5.74) is 0. The molecule has 26 heavy (non-hydrogen) atoms. The van der Waals surface area contributed by atoms with E-state index in [1.165, 1.54) is 96.8 Å². The summed E-state index contributed by atoms with van der Waals surface area (Å²) in [7, 11) is 0. The van der Waals surface area contributed by atoms with Gasteiger partial charge < -0.3 is 10.1 Å². The summed E-state index contributed by atoms with van der Waals surface area (Å²) in [5, 5.41) is 3.65. The smallest absolute Gasteiger partial charge is 0.0634 e. The van der Waals surface area contributed by atoms with E-state index in [2.05, 4.69) is 22.0 Å². The van der Waals surface area contributed by atoms with Gasteiger partial charge in [-0.3, -0.25) is 9.80 Å². The zero-order chi connectivity index (χ0) is 18.3. The summed E-state index contributed by atoms with van der Waals surface area (Å²) in [6.45, 7) is 11.7. The van der Waals surface area contributed by atoms with Crippen LogP contribution in [0.4, 0.5) is 0 Å². The molecule has 154 valence electrons. The Labute approximate surface area is 163 Å². The minimum Gasteiger partial charge on any atom is -0.381 e. The molecule has 0 aromatic heterocycles. The van der Waals surface area contributed by atoms with Crippen molar-refractivity contribution in [3.05, 3.63) is 0 Å². The molecule has 0 bridgehead atoms. The number of ether oxygens (including phenoxy) is 1. The number of unbranched alkanes of at least 4 members (excludes halogenated alkanes) is 5. The van der Waals surface area contributed by atoms with Gasteiger partial charge >= 0.3 is 0 Å². The van der Waals surface area contributed by atoms with Crippen LogP contribution in [0.5, 0.6) is 0 Å². The highest BCUT2D eigenvalue weighted by molar-refractivity contribution is 4.81. The van der Waals surface area contributed by atoms with Crippen LogP contribution in [-0.2, 0) is 4.74 Å². The second-order valence-electron chi connectivity index (χ2n) is 8.24. The Morgan fingerprint density at radius 2 is 1.31 bits per heavy atom.